The van der Waals surface area contributed by atoms with Gasteiger partial charge in [-0.15, -0.1) is 0 Å². The first-order valence-corrected chi connectivity index (χ1v) is 10.5. The summed E-state index contributed by atoms with van der Waals surface area (Å²) >= 11 is 6.09. The van der Waals surface area contributed by atoms with Crippen LogP contribution in [0.25, 0.3) is 0 Å². The van der Waals surface area contributed by atoms with Crippen LogP contribution >= 0.6 is 11.6 Å². The van der Waals surface area contributed by atoms with E-state index in [4.69, 9.17) is 11.6 Å². The lowest BCUT2D eigenvalue weighted by Gasteiger charge is -2.17. The molecule has 27 heavy (non-hydrogen) atoms. The van der Waals surface area contributed by atoms with E-state index in [0.29, 0.717) is 18.7 Å². The van der Waals surface area contributed by atoms with Crippen molar-refractivity contribution in [1.29, 1.82) is 0 Å². The highest BCUT2D eigenvalue weighted by atomic mass is 35.5. The number of nitrogens with one attached hydrogen (secondary N) is 1. The van der Waals surface area contributed by atoms with Crippen LogP contribution in [0.2, 0.25) is 5.02 Å². The van der Waals surface area contributed by atoms with Gasteiger partial charge in [-0.05, 0) is 36.6 Å². The number of aliphatic hydroxyl groups is 1. The van der Waals surface area contributed by atoms with Crippen molar-refractivity contribution in [2.45, 2.75) is 23.8 Å². The first kappa shape index (κ1) is 19.8. The van der Waals surface area contributed by atoms with E-state index >= 15 is 0 Å². The van der Waals surface area contributed by atoms with Crippen LogP contribution in [0.4, 0.5) is 0 Å². The van der Waals surface area contributed by atoms with Crippen molar-refractivity contribution in [3.63, 3.8) is 0 Å². The first-order valence-electron chi connectivity index (χ1n) is 8.70. The largest absolute Gasteiger partial charge is 0.387 e. The predicted molar refractivity (Wildman–Crippen MR) is 103 cm³/mol. The quantitative estimate of drug-likeness (QED) is 0.769. The zero-order valence-electron chi connectivity index (χ0n) is 14.6. The molecule has 3 rings (SSSR count). The van der Waals surface area contributed by atoms with Crippen molar-refractivity contribution in [3.8, 4) is 0 Å². The third-order valence-electron chi connectivity index (χ3n) is 4.52. The number of carbonyl (C=O) groups excluding carboxylic acids is 1. The molecule has 0 spiro atoms. The molecule has 0 unspecified atom stereocenters. The number of amides is 1. The zero-order valence-corrected chi connectivity index (χ0v) is 16.2. The molecule has 1 aliphatic heterocycles. The fraction of sp³-hybridized carbons (Fsp3) is 0.316. The van der Waals surface area contributed by atoms with Gasteiger partial charge in [-0.25, -0.2) is 8.42 Å². The number of benzene rings is 2. The molecule has 2 aromatic carbocycles. The Balaban J connectivity index is 1.74. The average molecular weight is 409 g/mol. The number of hydrogen-bond donors (Lipinski definition) is 2. The van der Waals surface area contributed by atoms with E-state index in [2.05, 4.69) is 5.32 Å². The molecular formula is C19H21ClN2O4S. The van der Waals surface area contributed by atoms with Gasteiger partial charge >= 0.3 is 0 Å². The zero-order chi connectivity index (χ0) is 19.4. The fourth-order valence-electron chi connectivity index (χ4n) is 2.99. The molecule has 2 N–H and O–H groups in total. The number of rotatable bonds is 6. The summed E-state index contributed by atoms with van der Waals surface area (Å²) in [4.78, 5) is 12.4. The van der Waals surface area contributed by atoms with E-state index in [9.17, 15) is 18.3 Å². The Morgan fingerprint density at radius 1 is 1.15 bits per heavy atom. The number of sulfonamides is 1. The standard InChI is InChI=1S/C19H21ClN2O4S/c20-16-9-8-15(12-18(16)27(25,26)22-10-4-5-11-22)19(24)21-13-17(23)14-6-2-1-3-7-14/h1-3,6-9,12,17,23H,4-5,10-11,13H2,(H,21,24)/t17-/m1/s1. The summed E-state index contributed by atoms with van der Waals surface area (Å²) < 4.78 is 26.9. The predicted octanol–water partition coefficient (Wildman–Crippen LogP) is 2.59. The highest BCUT2D eigenvalue weighted by molar-refractivity contribution is 7.89. The molecule has 1 saturated heterocycles. The Labute approximate surface area is 163 Å². The molecule has 1 aliphatic rings. The van der Waals surface area contributed by atoms with Crippen molar-refractivity contribution in [2.75, 3.05) is 19.6 Å². The minimum Gasteiger partial charge on any atom is -0.387 e. The maximum absolute atomic E-state index is 12.8. The SMILES string of the molecule is O=C(NC[C@@H](O)c1ccccc1)c1ccc(Cl)c(S(=O)(=O)N2CCCC2)c1. The summed E-state index contributed by atoms with van der Waals surface area (Å²) in [5.41, 5.74) is 0.864. The number of hydrogen-bond acceptors (Lipinski definition) is 4. The van der Waals surface area contributed by atoms with Crippen LogP contribution in [0.1, 0.15) is 34.9 Å². The molecule has 1 atom stereocenters. The van der Waals surface area contributed by atoms with Crippen molar-refractivity contribution < 1.29 is 18.3 Å². The highest BCUT2D eigenvalue weighted by Crippen LogP contribution is 2.28. The van der Waals surface area contributed by atoms with Crippen LogP contribution < -0.4 is 5.32 Å². The van der Waals surface area contributed by atoms with Crippen molar-refractivity contribution in [2.24, 2.45) is 0 Å². The van der Waals surface area contributed by atoms with Gasteiger partial charge in [0.2, 0.25) is 10.0 Å². The lowest BCUT2D eigenvalue weighted by atomic mass is 10.1. The van der Waals surface area contributed by atoms with Gasteiger partial charge in [0.1, 0.15) is 4.90 Å². The van der Waals surface area contributed by atoms with Crippen molar-refractivity contribution >= 4 is 27.5 Å². The van der Waals surface area contributed by atoms with E-state index in [1.165, 1.54) is 22.5 Å². The lowest BCUT2D eigenvalue weighted by molar-refractivity contribution is 0.0916. The summed E-state index contributed by atoms with van der Waals surface area (Å²) in [6.45, 7) is 0.927. The van der Waals surface area contributed by atoms with E-state index in [1.807, 2.05) is 6.07 Å². The first-order chi connectivity index (χ1) is 12.9. The number of halogens is 1. The third-order valence-corrected chi connectivity index (χ3v) is 6.90. The number of nitrogens with zero attached hydrogens (tertiary/aromatic N) is 1. The second kappa shape index (κ2) is 8.39. The van der Waals surface area contributed by atoms with Gasteiger partial charge in [0.25, 0.3) is 5.91 Å². The Morgan fingerprint density at radius 2 is 1.81 bits per heavy atom. The van der Waals surface area contributed by atoms with Gasteiger partial charge in [-0.3, -0.25) is 4.79 Å². The Hall–Kier alpha value is -1.93. The van der Waals surface area contributed by atoms with E-state index in [-0.39, 0.29) is 22.0 Å². The van der Waals surface area contributed by atoms with Gasteiger partial charge in [-0.1, -0.05) is 41.9 Å². The molecule has 0 aliphatic carbocycles. The number of aliphatic hydroxyl groups excluding tert-OH is 1. The molecule has 1 fully saturated rings. The normalized spacial score (nSPS) is 16.2. The minimum atomic E-state index is -3.73. The minimum absolute atomic E-state index is 0.0136. The molecule has 0 bridgehead atoms. The van der Waals surface area contributed by atoms with E-state index in [0.717, 1.165) is 12.8 Å². The Bertz CT molecular complexity index is 913. The number of carbonyl (C=O) groups is 1. The van der Waals surface area contributed by atoms with Crippen LogP contribution in [-0.2, 0) is 10.0 Å². The molecule has 6 nitrogen and oxygen atoms in total. The molecule has 0 aromatic heterocycles. The fourth-order valence-corrected chi connectivity index (χ4v) is 5.01. The summed E-state index contributed by atoms with van der Waals surface area (Å²) in [5.74, 6) is -0.473. The summed E-state index contributed by atoms with van der Waals surface area (Å²) in [6, 6.07) is 13.1. The molecule has 8 heteroatoms. The smallest absolute Gasteiger partial charge is 0.251 e. The van der Waals surface area contributed by atoms with Crippen molar-refractivity contribution in [3.05, 3.63) is 64.7 Å². The van der Waals surface area contributed by atoms with Gasteiger partial charge in [-0.2, -0.15) is 4.31 Å². The van der Waals surface area contributed by atoms with Crippen LogP contribution in [0.5, 0.6) is 0 Å². The summed E-state index contributed by atoms with van der Waals surface area (Å²) in [6.07, 6.45) is 0.776. The second-order valence-electron chi connectivity index (χ2n) is 6.39. The van der Waals surface area contributed by atoms with E-state index < -0.39 is 22.0 Å². The monoisotopic (exact) mass is 408 g/mol. The molecule has 2 aromatic rings. The Kier molecular flexibility index (Phi) is 6.16. The molecule has 0 radical (unpaired) electrons. The van der Waals surface area contributed by atoms with Gasteiger partial charge in [0.05, 0.1) is 11.1 Å². The summed E-state index contributed by atoms with van der Waals surface area (Å²) in [7, 11) is -3.73. The second-order valence-corrected chi connectivity index (χ2v) is 8.71. The highest BCUT2D eigenvalue weighted by Gasteiger charge is 2.29. The van der Waals surface area contributed by atoms with Crippen LogP contribution in [0.15, 0.2) is 53.4 Å². The molecular weight excluding hydrogens is 388 g/mol. The van der Waals surface area contributed by atoms with Crippen LogP contribution in [0, 0.1) is 0 Å². The van der Waals surface area contributed by atoms with Gasteiger partial charge < -0.3 is 10.4 Å². The van der Waals surface area contributed by atoms with E-state index in [1.54, 1.807) is 24.3 Å². The summed E-state index contributed by atoms with van der Waals surface area (Å²) in [5, 5.41) is 12.9. The maximum Gasteiger partial charge on any atom is 0.251 e. The van der Waals surface area contributed by atoms with Crippen LogP contribution in [0.3, 0.4) is 0 Å². The van der Waals surface area contributed by atoms with Crippen LogP contribution in [-0.4, -0.2) is 43.4 Å². The van der Waals surface area contributed by atoms with Gasteiger partial charge in [0.15, 0.2) is 0 Å². The third kappa shape index (κ3) is 4.50. The Morgan fingerprint density at radius 3 is 2.48 bits per heavy atom. The topological polar surface area (TPSA) is 86.7 Å². The molecule has 0 saturated carbocycles. The van der Waals surface area contributed by atoms with Crippen molar-refractivity contribution in [1.82, 2.24) is 9.62 Å². The molecule has 144 valence electrons. The molecule has 1 amide bonds. The average Bonchev–Trinajstić information content (AvgIpc) is 3.22. The lowest BCUT2D eigenvalue weighted by Crippen LogP contribution is -2.30. The maximum atomic E-state index is 12.8. The molecule has 1 heterocycles. The van der Waals surface area contributed by atoms with Gasteiger partial charge in [0, 0.05) is 25.2 Å².